The number of anilines is 1. The van der Waals surface area contributed by atoms with Crippen LogP contribution in [-0.2, 0) is 4.79 Å². The highest BCUT2D eigenvalue weighted by Gasteiger charge is 2.32. The van der Waals surface area contributed by atoms with Crippen LogP contribution >= 0.6 is 22.7 Å². The van der Waals surface area contributed by atoms with E-state index in [-0.39, 0.29) is 11.5 Å². The first-order valence-electron chi connectivity index (χ1n) is 10.6. The maximum absolute atomic E-state index is 13.6. The van der Waals surface area contributed by atoms with E-state index < -0.39 is 6.04 Å². The lowest BCUT2D eigenvalue weighted by Gasteiger charge is -2.25. The number of hydrogen-bond acceptors (Lipinski definition) is 6. The van der Waals surface area contributed by atoms with Crippen LogP contribution in [-0.4, -0.2) is 17.6 Å². The summed E-state index contributed by atoms with van der Waals surface area (Å²) in [5.41, 5.74) is 2.27. The van der Waals surface area contributed by atoms with E-state index in [2.05, 4.69) is 10.3 Å². The Morgan fingerprint density at radius 1 is 1.12 bits per heavy atom. The quantitative estimate of drug-likeness (QED) is 0.463. The minimum atomic E-state index is -0.638. The van der Waals surface area contributed by atoms with Gasteiger partial charge in [-0.25, -0.2) is 4.99 Å². The van der Waals surface area contributed by atoms with Crippen molar-refractivity contribution in [1.29, 1.82) is 0 Å². The van der Waals surface area contributed by atoms with Crippen molar-refractivity contribution in [3.63, 3.8) is 0 Å². The van der Waals surface area contributed by atoms with Gasteiger partial charge in [0.1, 0.15) is 5.75 Å². The molecule has 2 aromatic carbocycles. The lowest BCUT2D eigenvalue weighted by atomic mass is 9.95. The number of amides is 1. The number of thiazole rings is 1. The summed E-state index contributed by atoms with van der Waals surface area (Å²) < 4.78 is 7.62. The first-order chi connectivity index (χ1) is 16.5. The summed E-state index contributed by atoms with van der Waals surface area (Å²) in [6, 6.07) is 20.0. The predicted molar refractivity (Wildman–Crippen MR) is 136 cm³/mol. The van der Waals surface area contributed by atoms with Gasteiger partial charge >= 0.3 is 0 Å². The first-order valence-corrected chi connectivity index (χ1v) is 12.3. The Labute approximate surface area is 203 Å². The molecule has 1 N–H and O–H groups in total. The molecule has 1 aliphatic rings. The van der Waals surface area contributed by atoms with Crippen LogP contribution in [0.4, 0.5) is 5.69 Å². The van der Waals surface area contributed by atoms with E-state index in [1.165, 1.54) is 11.3 Å². The minimum Gasteiger partial charge on any atom is -0.497 e. The molecule has 0 bridgehead atoms. The number of methoxy groups -OCH3 is 1. The second-order valence-corrected chi connectivity index (χ2v) is 9.68. The predicted octanol–water partition coefficient (Wildman–Crippen LogP) is 3.94. The van der Waals surface area contributed by atoms with Gasteiger partial charge < -0.3 is 10.1 Å². The number of allylic oxidation sites excluding steroid dienone is 1. The zero-order valence-corrected chi connectivity index (χ0v) is 20.2. The SMILES string of the molecule is COc1cccc(C2C(C(=O)Nc3ccccc3)=C(C)N=c3s/c(=C/c4cccs4)c(=O)n32)c1. The molecule has 1 amide bonds. The third-order valence-electron chi connectivity index (χ3n) is 5.52. The second kappa shape index (κ2) is 9.24. The molecule has 0 spiro atoms. The molecule has 4 aromatic rings. The number of aromatic nitrogens is 1. The highest BCUT2D eigenvalue weighted by molar-refractivity contribution is 7.11. The fourth-order valence-electron chi connectivity index (χ4n) is 3.96. The van der Waals surface area contributed by atoms with Gasteiger partial charge in [0.2, 0.25) is 0 Å². The number of thiophene rings is 1. The van der Waals surface area contributed by atoms with Crippen LogP contribution in [0.1, 0.15) is 23.4 Å². The smallest absolute Gasteiger partial charge is 0.271 e. The van der Waals surface area contributed by atoms with Crippen molar-refractivity contribution >= 4 is 40.3 Å². The van der Waals surface area contributed by atoms with Crippen LogP contribution in [0.15, 0.2) is 93.2 Å². The number of carbonyl (C=O) groups excluding carboxylic acids is 1. The Kier molecular flexibility index (Phi) is 6.00. The first kappa shape index (κ1) is 22.1. The van der Waals surface area contributed by atoms with Gasteiger partial charge in [0.25, 0.3) is 11.5 Å². The van der Waals surface area contributed by atoms with Gasteiger partial charge in [-0.3, -0.25) is 14.2 Å². The standard InChI is InChI=1S/C26H21N3O3S2/c1-16-22(24(30)28-18-9-4-3-5-10-18)23(17-8-6-11-19(14-17)32-2)29-25(31)21(34-26(29)27-16)15-20-12-7-13-33-20/h3-15,23H,1-2H3,(H,28,30)/b21-15+. The molecule has 0 aliphatic carbocycles. The fourth-order valence-corrected chi connectivity index (χ4v) is 5.73. The van der Waals surface area contributed by atoms with Crippen molar-refractivity contribution in [2.45, 2.75) is 13.0 Å². The number of fused-ring (bicyclic) bond motifs is 1. The van der Waals surface area contributed by atoms with Crippen molar-refractivity contribution in [3.8, 4) is 5.75 Å². The van der Waals surface area contributed by atoms with Crippen LogP contribution in [0.25, 0.3) is 6.08 Å². The average Bonchev–Trinajstić information content (AvgIpc) is 3.47. The van der Waals surface area contributed by atoms with Crippen LogP contribution < -0.4 is 24.9 Å². The molecule has 0 saturated carbocycles. The van der Waals surface area contributed by atoms with Crippen LogP contribution in [0.5, 0.6) is 5.75 Å². The Bertz CT molecular complexity index is 1570. The van der Waals surface area contributed by atoms with E-state index in [4.69, 9.17) is 4.74 Å². The molecule has 0 radical (unpaired) electrons. The summed E-state index contributed by atoms with van der Waals surface area (Å²) in [5, 5.41) is 4.93. The van der Waals surface area contributed by atoms with E-state index in [1.54, 1.807) is 23.0 Å². The number of nitrogens with zero attached hydrogens (tertiary/aromatic N) is 2. The fraction of sp³-hybridized carbons (Fsp3) is 0.115. The molecule has 34 heavy (non-hydrogen) atoms. The van der Waals surface area contributed by atoms with Gasteiger partial charge in [0.05, 0.1) is 29.0 Å². The third-order valence-corrected chi connectivity index (χ3v) is 7.33. The van der Waals surface area contributed by atoms with Crippen molar-refractivity contribution in [2.75, 3.05) is 12.4 Å². The molecule has 2 aromatic heterocycles. The largest absolute Gasteiger partial charge is 0.497 e. The Morgan fingerprint density at radius 3 is 2.68 bits per heavy atom. The number of benzene rings is 2. The van der Waals surface area contributed by atoms with Crippen molar-refractivity contribution in [1.82, 2.24) is 4.57 Å². The van der Waals surface area contributed by atoms with Crippen molar-refractivity contribution in [3.05, 3.63) is 114 Å². The number of rotatable bonds is 5. The van der Waals surface area contributed by atoms with Gasteiger partial charge in [-0.1, -0.05) is 47.7 Å². The van der Waals surface area contributed by atoms with E-state index >= 15 is 0 Å². The van der Waals surface area contributed by atoms with Crippen molar-refractivity contribution < 1.29 is 9.53 Å². The molecule has 8 heteroatoms. The van der Waals surface area contributed by atoms with E-state index in [0.29, 0.717) is 32.0 Å². The summed E-state index contributed by atoms with van der Waals surface area (Å²) in [6.45, 7) is 1.81. The minimum absolute atomic E-state index is 0.178. The second-order valence-electron chi connectivity index (χ2n) is 7.69. The average molecular weight is 488 g/mol. The molecular formula is C26H21N3O3S2. The van der Waals surface area contributed by atoms with E-state index in [9.17, 15) is 9.59 Å². The van der Waals surface area contributed by atoms with Gasteiger partial charge in [-0.15, -0.1) is 11.3 Å². The molecule has 0 saturated heterocycles. The topological polar surface area (TPSA) is 72.7 Å². The lowest BCUT2D eigenvalue weighted by molar-refractivity contribution is -0.113. The van der Waals surface area contributed by atoms with E-state index in [0.717, 1.165) is 10.4 Å². The number of para-hydroxylation sites is 1. The zero-order valence-electron chi connectivity index (χ0n) is 18.5. The summed E-state index contributed by atoms with van der Waals surface area (Å²) >= 11 is 2.89. The lowest BCUT2D eigenvalue weighted by Crippen LogP contribution is -2.40. The van der Waals surface area contributed by atoms with Crippen molar-refractivity contribution in [2.24, 2.45) is 4.99 Å². The molecule has 6 nitrogen and oxygen atoms in total. The Hall–Kier alpha value is -3.75. The molecule has 170 valence electrons. The Balaban J connectivity index is 1.70. The monoisotopic (exact) mass is 487 g/mol. The van der Waals surface area contributed by atoms with Crippen LogP contribution in [0.2, 0.25) is 0 Å². The van der Waals surface area contributed by atoms with Gasteiger partial charge in [0, 0.05) is 10.6 Å². The highest BCUT2D eigenvalue weighted by Crippen LogP contribution is 2.32. The van der Waals surface area contributed by atoms with Gasteiger partial charge in [0.15, 0.2) is 4.80 Å². The maximum atomic E-state index is 13.6. The summed E-state index contributed by atoms with van der Waals surface area (Å²) in [7, 11) is 1.59. The third kappa shape index (κ3) is 4.13. The molecule has 5 rings (SSSR count). The highest BCUT2D eigenvalue weighted by atomic mass is 32.1. The van der Waals surface area contributed by atoms with Gasteiger partial charge in [-0.05, 0) is 54.3 Å². The molecule has 1 aliphatic heterocycles. The van der Waals surface area contributed by atoms with Crippen LogP contribution in [0, 0.1) is 0 Å². The Morgan fingerprint density at radius 2 is 1.94 bits per heavy atom. The maximum Gasteiger partial charge on any atom is 0.271 e. The molecule has 0 fully saturated rings. The molecular weight excluding hydrogens is 466 g/mol. The summed E-state index contributed by atoms with van der Waals surface area (Å²) in [6.07, 6.45) is 1.88. The number of nitrogens with one attached hydrogen (secondary N) is 1. The summed E-state index contributed by atoms with van der Waals surface area (Å²) in [4.78, 5) is 33.4. The number of carbonyl (C=O) groups is 1. The van der Waals surface area contributed by atoms with Crippen LogP contribution in [0.3, 0.4) is 0 Å². The number of hydrogen-bond donors (Lipinski definition) is 1. The molecule has 3 heterocycles. The zero-order chi connectivity index (χ0) is 23.7. The number of ether oxygens (including phenoxy) is 1. The molecule has 1 unspecified atom stereocenters. The molecule has 1 atom stereocenters. The summed E-state index contributed by atoms with van der Waals surface area (Å²) in [5.74, 6) is 0.350. The normalized spacial score (nSPS) is 15.6. The van der Waals surface area contributed by atoms with E-state index in [1.807, 2.05) is 85.1 Å². The van der Waals surface area contributed by atoms with Gasteiger partial charge in [-0.2, -0.15) is 0 Å².